The number of hydrogen-bond acceptors (Lipinski definition) is 0. The summed E-state index contributed by atoms with van der Waals surface area (Å²) in [6.45, 7) is 6.64. The zero-order chi connectivity index (χ0) is 11.3. The standard InChI is InChI=1S/C14H21Cl/c1-4-6-8-12(5-2)13-9-7-10-14(15)11(13)3/h7,9-10,12H,4-6,8H2,1-3H3. The molecule has 0 bridgehead atoms. The highest BCUT2D eigenvalue weighted by molar-refractivity contribution is 6.31. The lowest BCUT2D eigenvalue weighted by Crippen LogP contribution is -2.00. The molecule has 0 N–H and O–H groups in total. The fourth-order valence-corrected chi connectivity index (χ4v) is 2.28. The maximum Gasteiger partial charge on any atom is 0.0438 e. The number of rotatable bonds is 5. The molecule has 1 atom stereocenters. The van der Waals surface area contributed by atoms with Crippen molar-refractivity contribution in [3.8, 4) is 0 Å². The van der Waals surface area contributed by atoms with Crippen LogP contribution in [0.15, 0.2) is 18.2 Å². The Morgan fingerprint density at radius 2 is 2.00 bits per heavy atom. The average Bonchev–Trinajstić information content (AvgIpc) is 2.25. The molecule has 0 nitrogen and oxygen atoms in total. The second-order valence-corrected chi connectivity index (χ2v) is 4.61. The Morgan fingerprint density at radius 3 is 2.60 bits per heavy atom. The van der Waals surface area contributed by atoms with Crippen molar-refractivity contribution in [2.45, 2.75) is 52.4 Å². The highest BCUT2D eigenvalue weighted by Gasteiger charge is 2.12. The summed E-state index contributed by atoms with van der Waals surface area (Å²) in [6.07, 6.45) is 5.08. The molecule has 1 unspecified atom stereocenters. The molecule has 0 heterocycles. The third kappa shape index (κ3) is 3.24. The monoisotopic (exact) mass is 224 g/mol. The van der Waals surface area contributed by atoms with Gasteiger partial charge in [-0.15, -0.1) is 0 Å². The molecule has 1 rings (SSSR count). The van der Waals surface area contributed by atoms with Crippen LogP contribution in [0.2, 0.25) is 5.02 Å². The van der Waals surface area contributed by atoms with Crippen molar-refractivity contribution >= 4 is 11.6 Å². The Bertz CT molecular complexity index is 304. The van der Waals surface area contributed by atoms with Gasteiger partial charge in [-0.2, -0.15) is 0 Å². The van der Waals surface area contributed by atoms with Crippen LogP contribution in [0.3, 0.4) is 0 Å². The summed E-state index contributed by atoms with van der Waals surface area (Å²) in [4.78, 5) is 0. The van der Waals surface area contributed by atoms with Gasteiger partial charge in [0.25, 0.3) is 0 Å². The summed E-state index contributed by atoms with van der Waals surface area (Å²) in [5.41, 5.74) is 2.71. The van der Waals surface area contributed by atoms with Gasteiger partial charge in [0, 0.05) is 5.02 Å². The van der Waals surface area contributed by atoms with E-state index in [-0.39, 0.29) is 0 Å². The van der Waals surface area contributed by atoms with Gasteiger partial charge in [-0.05, 0) is 42.9 Å². The van der Waals surface area contributed by atoms with Crippen molar-refractivity contribution in [2.24, 2.45) is 0 Å². The van der Waals surface area contributed by atoms with Gasteiger partial charge >= 0.3 is 0 Å². The fraction of sp³-hybridized carbons (Fsp3) is 0.571. The number of benzene rings is 1. The summed E-state index contributed by atoms with van der Waals surface area (Å²) >= 11 is 6.15. The second kappa shape index (κ2) is 6.17. The summed E-state index contributed by atoms with van der Waals surface area (Å²) in [5.74, 6) is 0.684. The lowest BCUT2D eigenvalue weighted by molar-refractivity contribution is 0.567. The Hall–Kier alpha value is -0.490. The molecule has 0 radical (unpaired) electrons. The second-order valence-electron chi connectivity index (χ2n) is 4.20. The molecule has 1 aromatic rings. The van der Waals surface area contributed by atoms with Crippen molar-refractivity contribution in [3.63, 3.8) is 0 Å². The van der Waals surface area contributed by atoms with E-state index in [4.69, 9.17) is 11.6 Å². The minimum atomic E-state index is 0.684. The molecule has 0 saturated carbocycles. The Morgan fingerprint density at radius 1 is 1.27 bits per heavy atom. The molecular weight excluding hydrogens is 204 g/mol. The Labute approximate surface area is 98.7 Å². The lowest BCUT2D eigenvalue weighted by Gasteiger charge is -2.18. The maximum absolute atomic E-state index is 6.15. The van der Waals surface area contributed by atoms with Crippen LogP contribution in [0.25, 0.3) is 0 Å². The van der Waals surface area contributed by atoms with E-state index >= 15 is 0 Å². The van der Waals surface area contributed by atoms with Crippen LogP contribution in [-0.2, 0) is 0 Å². The van der Waals surface area contributed by atoms with Gasteiger partial charge in [-0.3, -0.25) is 0 Å². The fourth-order valence-electron chi connectivity index (χ4n) is 2.10. The third-order valence-electron chi connectivity index (χ3n) is 3.15. The van der Waals surface area contributed by atoms with E-state index < -0.39 is 0 Å². The van der Waals surface area contributed by atoms with Crippen molar-refractivity contribution in [2.75, 3.05) is 0 Å². The minimum absolute atomic E-state index is 0.684. The molecule has 1 heteroatoms. The molecule has 0 spiro atoms. The molecule has 0 amide bonds. The van der Waals surface area contributed by atoms with Crippen LogP contribution in [0.1, 0.15) is 56.6 Å². The zero-order valence-corrected chi connectivity index (χ0v) is 10.8. The van der Waals surface area contributed by atoms with E-state index in [1.807, 2.05) is 6.07 Å². The first-order valence-electron chi connectivity index (χ1n) is 5.95. The molecule has 15 heavy (non-hydrogen) atoms. The van der Waals surface area contributed by atoms with Gasteiger partial charge in [0.15, 0.2) is 0 Å². The van der Waals surface area contributed by atoms with E-state index in [9.17, 15) is 0 Å². The highest BCUT2D eigenvalue weighted by atomic mass is 35.5. The SMILES string of the molecule is CCCCC(CC)c1cccc(Cl)c1C. The van der Waals surface area contributed by atoms with E-state index in [0.717, 1.165) is 5.02 Å². The Kier molecular flexibility index (Phi) is 5.17. The smallest absolute Gasteiger partial charge is 0.0438 e. The van der Waals surface area contributed by atoms with Crippen LogP contribution in [-0.4, -0.2) is 0 Å². The largest absolute Gasteiger partial charge is 0.0840 e. The van der Waals surface area contributed by atoms with Crippen molar-refractivity contribution in [3.05, 3.63) is 34.3 Å². The van der Waals surface area contributed by atoms with Crippen LogP contribution in [0, 0.1) is 6.92 Å². The summed E-state index contributed by atoms with van der Waals surface area (Å²) in [6, 6.07) is 6.28. The molecular formula is C14H21Cl. The lowest BCUT2D eigenvalue weighted by atomic mass is 9.88. The molecule has 1 aromatic carbocycles. The average molecular weight is 225 g/mol. The van der Waals surface area contributed by atoms with E-state index in [1.54, 1.807) is 0 Å². The van der Waals surface area contributed by atoms with Crippen molar-refractivity contribution < 1.29 is 0 Å². The quantitative estimate of drug-likeness (QED) is 0.634. The molecule has 0 aliphatic carbocycles. The van der Waals surface area contributed by atoms with Gasteiger partial charge in [0.05, 0.1) is 0 Å². The molecule has 0 aliphatic heterocycles. The molecule has 0 aromatic heterocycles. The van der Waals surface area contributed by atoms with Crippen molar-refractivity contribution in [1.82, 2.24) is 0 Å². The number of unbranched alkanes of at least 4 members (excludes halogenated alkanes) is 1. The van der Waals surface area contributed by atoms with E-state index in [2.05, 4.69) is 32.9 Å². The topological polar surface area (TPSA) is 0 Å². The maximum atomic E-state index is 6.15. The summed E-state index contributed by atoms with van der Waals surface area (Å²) in [5, 5.41) is 0.905. The molecule has 0 aliphatic rings. The van der Waals surface area contributed by atoms with Gasteiger partial charge < -0.3 is 0 Å². The first-order valence-corrected chi connectivity index (χ1v) is 6.33. The number of hydrogen-bond donors (Lipinski definition) is 0. The zero-order valence-electron chi connectivity index (χ0n) is 10.0. The van der Waals surface area contributed by atoms with E-state index in [1.165, 1.54) is 36.8 Å². The molecule has 84 valence electrons. The van der Waals surface area contributed by atoms with Crippen LogP contribution in [0.4, 0.5) is 0 Å². The normalized spacial score (nSPS) is 12.8. The predicted molar refractivity (Wildman–Crippen MR) is 68.7 cm³/mol. The van der Waals surface area contributed by atoms with Crippen LogP contribution < -0.4 is 0 Å². The van der Waals surface area contributed by atoms with Gasteiger partial charge in [0.2, 0.25) is 0 Å². The molecule has 0 fully saturated rings. The van der Waals surface area contributed by atoms with Gasteiger partial charge in [-0.1, -0.05) is 50.4 Å². The van der Waals surface area contributed by atoms with Crippen molar-refractivity contribution in [1.29, 1.82) is 0 Å². The van der Waals surface area contributed by atoms with E-state index in [0.29, 0.717) is 5.92 Å². The van der Waals surface area contributed by atoms with Crippen LogP contribution >= 0.6 is 11.6 Å². The highest BCUT2D eigenvalue weighted by Crippen LogP contribution is 2.31. The predicted octanol–water partition coefficient (Wildman–Crippen LogP) is 5.33. The summed E-state index contributed by atoms with van der Waals surface area (Å²) < 4.78 is 0. The minimum Gasteiger partial charge on any atom is -0.0840 e. The van der Waals surface area contributed by atoms with Gasteiger partial charge in [0.1, 0.15) is 0 Å². The van der Waals surface area contributed by atoms with Crippen LogP contribution in [0.5, 0.6) is 0 Å². The number of halogens is 1. The molecule has 0 saturated heterocycles. The summed E-state index contributed by atoms with van der Waals surface area (Å²) in [7, 11) is 0. The van der Waals surface area contributed by atoms with Gasteiger partial charge in [-0.25, -0.2) is 0 Å². The third-order valence-corrected chi connectivity index (χ3v) is 3.56. The first-order chi connectivity index (χ1) is 7.20. The Balaban J connectivity index is 2.86. The first kappa shape index (κ1) is 12.6.